The smallest absolute Gasteiger partial charge is 0.243 e. The molecule has 2 heterocycles. The number of sulfonamides is 1. The van der Waals surface area contributed by atoms with E-state index < -0.39 is 21.8 Å². The number of hydrogen-bond acceptors (Lipinski definition) is 4. The third kappa shape index (κ3) is 4.89. The van der Waals surface area contributed by atoms with Crippen LogP contribution >= 0.6 is 0 Å². The van der Waals surface area contributed by atoms with Crippen molar-refractivity contribution in [1.29, 1.82) is 0 Å². The molecule has 4 rings (SSSR count). The van der Waals surface area contributed by atoms with E-state index >= 15 is 0 Å². The van der Waals surface area contributed by atoms with Crippen molar-refractivity contribution in [3.8, 4) is 0 Å². The summed E-state index contributed by atoms with van der Waals surface area (Å²) in [5.74, 6) is -0.644. The van der Waals surface area contributed by atoms with Crippen LogP contribution in [0.4, 0.5) is 10.2 Å². The van der Waals surface area contributed by atoms with Crippen LogP contribution in [0.15, 0.2) is 65.6 Å². The molecule has 168 valence electrons. The van der Waals surface area contributed by atoms with Crippen LogP contribution in [0.2, 0.25) is 0 Å². The molecular formula is C23H25FN4O3S. The van der Waals surface area contributed by atoms with Crippen LogP contribution in [0.1, 0.15) is 24.1 Å². The normalized spacial score (nSPS) is 17.2. The second-order valence-corrected chi connectivity index (χ2v) is 9.90. The van der Waals surface area contributed by atoms with Crippen LogP contribution in [-0.4, -0.2) is 41.5 Å². The summed E-state index contributed by atoms with van der Waals surface area (Å²) in [6, 6.07) is 16.4. The summed E-state index contributed by atoms with van der Waals surface area (Å²) >= 11 is 0. The summed E-state index contributed by atoms with van der Waals surface area (Å²) in [4.78, 5) is 13.0. The van der Waals surface area contributed by atoms with Gasteiger partial charge in [-0.05, 0) is 49.6 Å². The number of amides is 1. The van der Waals surface area contributed by atoms with E-state index in [0.717, 1.165) is 23.4 Å². The molecule has 2 aromatic carbocycles. The fraction of sp³-hybridized carbons (Fsp3) is 0.304. The van der Waals surface area contributed by atoms with Crippen molar-refractivity contribution in [3.05, 3.63) is 77.7 Å². The highest BCUT2D eigenvalue weighted by Gasteiger charge is 2.33. The van der Waals surface area contributed by atoms with E-state index in [0.29, 0.717) is 31.7 Å². The Hall–Kier alpha value is -3.04. The van der Waals surface area contributed by atoms with Gasteiger partial charge in [-0.1, -0.05) is 30.3 Å². The Morgan fingerprint density at radius 1 is 1.16 bits per heavy atom. The highest BCUT2D eigenvalue weighted by atomic mass is 32.2. The summed E-state index contributed by atoms with van der Waals surface area (Å²) in [5.41, 5.74) is 1.83. The molecule has 1 aliphatic heterocycles. The van der Waals surface area contributed by atoms with E-state index in [4.69, 9.17) is 0 Å². The van der Waals surface area contributed by atoms with Crippen molar-refractivity contribution in [2.75, 3.05) is 18.4 Å². The number of nitrogens with zero attached hydrogens (tertiary/aromatic N) is 3. The van der Waals surface area contributed by atoms with Gasteiger partial charge in [0, 0.05) is 19.2 Å². The highest BCUT2D eigenvalue weighted by Crippen LogP contribution is 2.25. The van der Waals surface area contributed by atoms with Gasteiger partial charge < -0.3 is 5.32 Å². The lowest BCUT2D eigenvalue weighted by molar-refractivity contribution is -0.120. The Morgan fingerprint density at radius 2 is 1.88 bits per heavy atom. The van der Waals surface area contributed by atoms with E-state index in [1.165, 1.54) is 16.4 Å². The van der Waals surface area contributed by atoms with E-state index in [9.17, 15) is 17.6 Å². The largest absolute Gasteiger partial charge is 0.311 e. The minimum absolute atomic E-state index is 0.0246. The van der Waals surface area contributed by atoms with Gasteiger partial charge in [0.25, 0.3) is 0 Å². The predicted octanol–water partition coefficient (Wildman–Crippen LogP) is 3.42. The maximum atomic E-state index is 13.2. The highest BCUT2D eigenvalue weighted by molar-refractivity contribution is 7.89. The predicted molar refractivity (Wildman–Crippen MR) is 119 cm³/mol. The molecule has 1 atom stereocenters. The van der Waals surface area contributed by atoms with Crippen LogP contribution in [0, 0.1) is 18.7 Å². The monoisotopic (exact) mass is 456 g/mol. The Labute approximate surface area is 186 Å². The van der Waals surface area contributed by atoms with Gasteiger partial charge in [-0.25, -0.2) is 17.5 Å². The molecular weight excluding hydrogens is 431 g/mol. The number of nitrogens with one attached hydrogen (secondary N) is 1. The molecule has 0 bridgehead atoms. The maximum Gasteiger partial charge on any atom is 0.243 e. The quantitative estimate of drug-likeness (QED) is 0.616. The third-order valence-corrected chi connectivity index (χ3v) is 7.41. The minimum atomic E-state index is -3.79. The molecule has 3 aromatic rings. The number of carbonyl (C=O) groups is 1. The van der Waals surface area contributed by atoms with Gasteiger partial charge >= 0.3 is 0 Å². The minimum Gasteiger partial charge on any atom is -0.311 e. The first-order valence-corrected chi connectivity index (χ1v) is 11.9. The molecule has 0 spiro atoms. The maximum absolute atomic E-state index is 13.2. The molecule has 1 unspecified atom stereocenters. The average Bonchev–Trinajstić information content (AvgIpc) is 3.13. The lowest BCUT2D eigenvalue weighted by atomic mass is 9.99. The zero-order chi connectivity index (χ0) is 22.7. The molecule has 32 heavy (non-hydrogen) atoms. The molecule has 1 aliphatic rings. The van der Waals surface area contributed by atoms with E-state index in [1.807, 2.05) is 37.3 Å². The lowest BCUT2D eigenvalue weighted by Crippen LogP contribution is -2.43. The fourth-order valence-electron chi connectivity index (χ4n) is 3.88. The number of aryl methyl sites for hydroxylation is 1. The molecule has 9 heteroatoms. The van der Waals surface area contributed by atoms with Crippen molar-refractivity contribution in [2.45, 2.75) is 31.2 Å². The molecule has 1 fully saturated rings. The fourth-order valence-corrected chi connectivity index (χ4v) is 5.41. The molecule has 0 saturated carbocycles. The molecule has 1 N–H and O–H groups in total. The standard InChI is InChI=1S/C23H25FN4O3S/c1-17-14-22(28(26-17)15-18-6-3-2-4-7-18)25-23(29)19-8-5-13-27(16-19)32(30,31)21-11-9-20(24)10-12-21/h2-4,6-7,9-12,14,19H,5,8,13,15-16H2,1H3,(H,25,29). The number of carbonyl (C=O) groups excluding carboxylic acids is 1. The summed E-state index contributed by atoms with van der Waals surface area (Å²) in [7, 11) is -3.79. The molecule has 0 aliphatic carbocycles. The average molecular weight is 457 g/mol. The van der Waals surface area contributed by atoms with Crippen molar-refractivity contribution < 1.29 is 17.6 Å². The van der Waals surface area contributed by atoms with Gasteiger partial charge in [0.15, 0.2) is 0 Å². The Balaban J connectivity index is 1.47. The first kappa shape index (κ1) is 22.2. The number of hydrogen-bond donors (Lipinski definition) is 1. The molecule has 1 aromatic heterocycles. The number of rotatable bonds is 6. The van der Waals surface area contributed by atoms with Gasteiger partial charge in [-0.15, -0.1) is 0 Å². The molecule has 1 amide bonds. The molecule has 1 saturated heterocycles. The topological polar surface area (TPSA) is 84.3 Å². The van der Waals surface area contributed by atoms with Crippen LogP contribution in [0.25, 0.3) is 0 Å². The first-order chi connectivity index (χ1) is 15.3. The summed E-state index contributed by atoms with van der Waals surface area (Å²) in [5, 5.41) is 7.40. The number of aromatic nitrogens is 2. The van der Waals surface area contributed by atoms with Crippen LogP contribution < -0.4 is 5.32 Å². The lowest BCUT2D eigenvalue weighted by Gasteiger charge is -2.31. The summed E-state index contributed by atoms with van der Waals surface area (Å²) < 4.78 is 42.1. The van der Waals surface area contributed by atoms with Crippen LogP contribution in [-0.2, 0) is 21.4 Å². The van der Waals surface area contributed by atoms with Crippen LogP contribution in [0.3, 0.4) is 0 Å². The molecule has 7 nitrogen and oxygen atoms in total. The second-order valence-electron chi connectivity index (χ2n) is 7.96. The van der Waals surface area contributed by atoms with Gasteiger partial charge in [-0.2, -0.15) is 9.40 Å². The zero-order valence-corrected chi connectivity index (χ0v) is 18.6. The van der Waals surface area contributed by atoms with E-state index in [2.05, 4.69) is 10.4 Å². The van der Waals surface area contributed by atoms with E-state index in [-0.39, 0.29) is 17.3 Å². The second kappa shape index (κ2) is 9.22. The zero-order valence-electron chi connectivity index (χ0n) is 17.7. The van der Waals surface area contributed by atoms with Crippen molar-refractivity contribution in [2.24, 2.45) is 5.92 Å². The van der Waals surface area contributed by atoms with Crippen molar-refractivity contribution in [3.63, 3.8) is 0 Å². The van der Waals surface area contributed by atoms with Crippen LogP contribution in [0.5, 0.6) is 0 Å². The van der Waals surface area contributed by atoms with E-state index in [1.54, 1.807) is 10.7 Å². The van der Waals surface area contributed by atoms with Crippen molar-refractivity contribution >= 4 is 21.7 Å². The Kier molecular flexibility index (Phi) is 6.38. The SMILES string of the molecule is Cc1cc(NC(=O)C2CCCN(S(=O)(=O)c3ccc(F)cc3)C2)n(Cc2ccccc2)n1. The number of piperidine rings is 1. The Morgan fingerprint density at radius 3 is 2.59 bits per heavy atom. The molecule has 0 radical (unpaired) electrons. The first-order valence-electron chi connectivity index (χ1n) is 10.5. The third-order valence-electron chi connectivity index (χ3n) is 5.53. The van der Waals surface area contributed by atoms with Gasteiger partial charge in [0.2, 0.25) is 15.9 Å². The summed E-state index contributed by atoms with van der Waals surface area (Å²) in [6.07, 6.45) is 1.16. The Bertz CT molecular complexity index is 1190. The summed E-state index contributed by atoms with van der Waals surface area (Å²) in [6.45, 7) is 2.78. The number of benzene rings is 2. The van der Waals surface area contributed by atoms with Gasteiger partial charge in [-0.3, -0.25) is 4.79 Å². The van der Waals surface area contributed by atoms with Gasteiger partial charge in [0.1, 0.15) is 11.6 Å². The van der Waals surface area contributed by atoms with Gasteiger partial charge in [0.05, 0.1) is 23.1 Å². The van der Waals surface area contributed by atoms with Crippen molar-refractivity contribution in [1.82, 2.24) is 14.1 Å². The number of anilines is 1. The number of halogens is 1.